The normalized spacial score (nSPS) is 18.5. The molecule has 1 aromatic rings. The van der Waals surface area contributed by atoms with E-state index >= 15 is 0 Å². The topological polar surface area (TPSA) is 36.9 Å². The molecule has 0 saturated carbocycles. The Hall–Kier alpha value is -1.62. The molecular formula is C17H26FN3O. The average molecular weight is 307 g/mol. The van der Waals surface area contributed by atoms with Crippen molar-refractivity contribution < 1.29 is 9.13 Å². The summed E-state index contributed by atoms with van der Waals surface area (Å²) in [6, 6.07) is 5.15. The van der Waals surface area contributed by atoms with Crippen molar-refractivity contribution in [1.82, 2.24) is 10.2 Å². The molecule has 0 aliphatic carbocycles. The van der Waals surface area contributed by atoms with Gasteiger partial charge in [-0.05, 0) is 37.5 Å². The highest BCUT2D eigenvalue weighted by Gasteiger charge is 2.19. The summed E-state index contributed by atoms with van der Waals surface area (Å²) < 4.78 is 18.7. The van der Waals surface area contributed by atoms with Crippen LogP contribution in [0.5, 0.6) is 0 Å². The minimum atomic E-state index is -0.169. The average Bonchev–Trinajstić information content (AvgIpc) is 2.99. The van der Waals surface area contributed by atoms with Crippen molar-refractivity contribution in [2.75, 3.05) is 33.4 Å². The number of hydrogen-bond donors (Lipinski definition) is 1. The molecule has 0 spiro atoms. The van der Waals surface area contributed by atoms with Crippen LogP contribution >= 0.6 is 0 Å². The Morgan fingerprint density at radius 3 is 2.95 bits per heavy atom. The Balaban J connectivity index is 2.00. The van der Waals surface area contributed by atoms with Gasteiger partial charge < -0.3 is 15.0 Å². The van der Waals surface area contributed by atoms with Crippen molar-refractivity contribution in [3.8, 4) is 0 Å². The molecule has 0 bridgehead atoms. The van der Waals surface area contributed by atoms with Crippen LogP contribution in [0.15, 0.2) is 23.2 Å². The van der Waals surface area contributed by atoms with Gasteiger partial charge in [-0.15, -0.1) is 0 Å². The third-order valence-corrected chi connectivity index (χ3v) is 3.89. The predicted molar refractivity (Wildman–Crippen MR) is 87.5 cm³/mol. The standard InChI is InChI=1S/C17H26FN3O/c1-4-19-17(21(3)11-15-7-8-22-12-15)20-10-14-5-6-16(18)13(2)9-14/h5-6,9,15H,4,7-8,10-12H2,1-3H3,(H,19,20). The highest BCUT2D eigenvalue weighted by molar-refractivity contribution is 5.79. The van der Waals surface area contributed by atoms with Crippen molar-refractivity contribution in [2.24, 2.45) is 10.9 Å². The van der Waals surface area contributed by atoms with Gasteiger partial charge in [-0.3, -0.25) is 0 Å². The van der Waals surface area contributed by atoms with Crippen molar-refractivity contribution in [2.45, 2.75) is 26.8 Å². The van der Waals surface area contributed by atoms with Crippen LogP contribution < -0.4 is 5.32 Å². The summed E-state index contributed by atoms with van der Waals surface area (Å²) in [5, 5.41) is 3.31. The summed E-state index contributed by atoms with van der Waals surface area (Å²) in [5.41, 5.74) is 1.68. The summed E-state index contributed by atoms with van der Waals surface area (Å²) in [6.07, 6.45) is 1.11. The van der Waals surface area contributed by atoms with Gasteiger partial charge in [0.05, 0.1) is 13.2 Å². The summed E-state index contributed by atoms with van der Waals surface area (Å²) in [6.45, 7) is 7.85. The van der Waals surface area contributed by atoms with E-state index in [1.165, 1.54) is 6.07 Å². The molecule has 0 aromatic heterocycles. The van der Waals surface area contributed by atoms with Gasteiger partial charge in [0, 0.05) is 32.7 Å². The van der Waals surface area contributed by atoms with Gasteiger partial charge in [-0.2, -0.15) is 0 Å². The summed E-state index contributed by atoms with van der Waals surface area (Å²) >= 11 is 0. The smallest absolute Gasteiger partial charge is 0.193 e. The largest absolute Gasteiger partial charge is 0.381 e. The van der Waals surface area contributed by atoms with E-state index in [-0.39, 0.29) is 5.82 Å². The van der Waals surface area contributed by atoms with E-state index in [9.17, 15) is 4.39 Å². The SMILES string of the molecule is CCNC(=NCc1ccc(F)c(C)c1)N(C)CC1CCOC1. The maximum atomic E-state index is 13.3. The fourth-order valence-electron chi connectivity index (χ4n) is 2.64. The molecule has 1 fully saturated rings. The van der Waals surface area contributed by atoms with Gasteiger partial charge in [0.15, 0.2) is 5.96 Å². The number of nitrogens with zero attached hydrogens (tertiary/aromatic N) is 2. The van der Waals surface area contributed by atoms with Crippen LogP contribution in [0.3, 0.4) is 0 Å². The molecule has 0 radical (unpaired) electrons. The first-order valence-corrected chi connectivity index (χ1v) is 7.92. The van der Waals surface area contributed by atoms with E-state index in [4.69, 9.17) is 4.74 Å². The predicted octanol–water partition coefficient (Wildman–Crippen LogP) is 2.57. The molecule has 4 nitrogen and oxygen atoms in total. The summed E-state index contributed by atoms with van der Waals surface area (Å²) in [4.78, 5) is 6.82. The third kappa shape index (κ3) is 4.70. The lowest BCUT2D eigenvalue weighted by Crippen LogP contribution is -2.41. The second-order valence-corrected chi connectivity index (χ2v) is 5.86. The Labute approximate surface area is 132 Å². The highest BCUT2D eigenvalue weighted by Crippen LogP contribution is 2.14. The number of nitrogens with one attached hydrogen (secondary N) is 1. The van der Waals surface area contributed by atoms with Gasteiger partial charge in [0.2, 0.25) is 0 Å². The molecule has 22 heavy (non-hydrogen) atoms. The first kappa shape index (κ1) is 16.7. The van der Waals surface area contributed by atoms with Crippen LogP contribution in [0.1, 0.15) is 24.5 Å². The van der Waals surface area contributed by atoms with Gasteiger partial charge in [0.25, 0.3) is 0 Å². The number of guanidine groups is 1. The lowest BCUT2D eigenvalue weighted by molar-refractivity contribution is 0.181. The minimum absolute atomic E-state index is 0.169. The van der Waals surface area contributed by atoms with Crippen molar-refractivity contribution >= 4 is 5.96 Å². The zero-order chi connectivity index (χ0) is 15.9. The molecule has 1 N–H and O–H groups in total. The molecule has 5 heteroatoms. The molecule has 1 aliphatic heterocycles. The molecule has 1 aromatic carbocycles. The maximum Gasteiger partial charge on any atom is 0.193 e. The van der Waals surface area contributed by atoms with E-state index in [2.05, 4.69) is 29.2 Å². The zero-order valence-electron chi connectivity index (χ0n) is 13.7. The molecule has 1 saturated heterocycles. The molecule has 1 heterocycles. The van der Waals surface area contributed by atoms with Crippen LogP contribution in [0, 0.1) is 18.7 Å². The Morgan fingerprint density at radius 2 is 2.32 bits per heavy atom. The number of ether oxygens (including phenoxy) is 1. The van der Waals surface area contributed by atoms with Crippen LogP contribution in [-0.2, 0) is 11.3 Å². The molecule has 1 atom stereocenters. The Kier molecular flexibility index (Phi) is 6.19. The third-order valence-electron chi connectivity index (χ3n) is 3.89. The van der Waals surface area contributed by atoms with Crippen LogP contribution in [0.25, 0.3) is 0 Å². The molecular weight excluding hydrogens is 281 g/mol. The summed E-state index contributed by atoms with van der Waals surface area (Å²) in [7, 11) is 2.05. The monoisotopic (exact) mass is 307 g/mol. The lowest BCUT2D eigenvalue weighted by atomic mass is 10.1. The van der Waals surface area contributed by atoms with Crippen LogP contribution in [0.4, 0.5) is 4.39 Å². The lowest BCUT2D eigenvalue weighted by Gasteiger charge is -2.24. The number of rotatable bonds is 5. The summed E-state index contributed by atoms with van der Waals surface area (Å²) in [5.74, 6) is 1.29. The number of hydrogen-bond acceptors (Lipinski definition) is 2. The van der Waals surface area contributed by atoms with Gasteiger partial charge in [0.1, 0.15) is 5.82 Å². The van der Waals surface area contributed by atoms with E-state index in [0.29, 0.717) is 18.0 Å². The second kappa shape index (κ2) is 8.13. The molecule has 1 aliphatic rings. The number of benzene rings is 1. The zero-order valence-corrected chi connectivity index (χ0v) is 13.7. The molecule has 0 amide bonds. The maximum absolute atomic E-state index is 13.3. The van der Waals surface area contributed by atoms with E-state index in [1.807, 2.05) is 6.07 Å². The van der Waals surface area contributed by atoms with E-state index in [1.54, 1.807) is 13.0 Å². The van der Waals surface area contributed by atoms with Crippen LogP contribution in [-0.4, -0.2) is 44.2 Å². The Morgan fingerprint density at radius 1 is 1.50 bits per heavy atom. The van der Waals surface area contributed by atoms with Crippen molar-refractivity contribution in [1.29, 1.82) is 0 Å². The second-order valence-electron chi connectivity index (χ2n) is 5.86. The van der Waals surface area contributed by atoms with E-state index < -0.39 is 0 Å². The number of aliphatic imine (C=N–C) groups is 1. The van der Waals surface area contributed by atoms with E-state index in [0.717, 1.165) is 44.2 Å². The molecule has 122 valence electrons. The van der Waals surface area contributed by atoms with Crippen molar-refractivity contribution in [3.63, 3.8) is 0 Å². The number of halogens is 1. The van der Waals surface area contributed by atoms with Crippen molar-refractivity contribution in [3.05, 3.63) is 35.1 Å². The first-order valence-electron chi connectivity index (χ1n) is 7.92. The minimum Gasteiger partial charge on any atom is -0.381 e. The van der Waals surface area contributed by atoms with Gasteiger partial charge in [-0.1, -0.05) is 12.1 Å². The fourth-order valence-corrected chi connectivity index (χ4v) is 2.64. The number of aryl methyl sites for hydroxylation is 1. The quantitative estimate of drug-likeness (QED) is 0.671. The fraction of sp³-hybridized carbons (Fsp3) is 0.588. The van der Waals surface area contributed by atoms with Gasteiger partial charge >= 0.3 is 0 Å². The highest BCUT2D eigenvalue weighted by atomic mass is 19.1. The molecule has 2 rings (SSSR count). The molecule has 1 unspecified atom stereocenters. The first-order chi connectivity index (χ1) is 10.6. The van der Waals surface area contributed by atoms with Gasteiger partial charge in [-0.25, -0.2) is 9.38 Å². The van der Waals surface area contributed by atoms with Crippen LogP contribution in [0.2, 0.25) is 0 Å². The Bertz CT molecular complexity index is 513.